The van der Waals surface area contributed by atoms with Crippen molar-refractivity contribution in [3.05, 3.63) is 46.0 Å². The third kappa shape index (κ3) is 1.73. The second kappa shape index (κ2) is 4.13. The molecule has 0 amide bonds. The smallest absolute Gasteiger partial charge is 0.183 e. The molecule has 0 saturated carbocycles. The zero-order valence-electron chi connectivity index (χ0n) is 8.61. The van der Waals surface area contributed by atoms with Crippen LogP contribution in [0.1, 0.15) is 0 Å². The molecule has 3 nitrogen and oxygen atoms in total. The number of H-pyrrole nitrogens is 1. The molecule has 0 saturated heterocycles. The summed E-state index contributed by atoms with van der Waals surface area (Å²) in [6, 6.07) is 9.93. The van der Waals surface area contributed by atoms with Crippen molar-refractivity contribution in [1.29, 1.82) is 0 Å². The molecule has 0 aliphatic rings. The summed E-state index contributed by atoms with van der Waals surface area (Å²) in [4.78, 5) is 4.21. The van der Waals surface area contributed by atoms with E-state index in [1.54, 1.807) is 6.20 Å². The average molecular weight is 309 g/mol. The molecule has 1 N–H and O–H groups in total. The lowest BCUT2D eigenvalue weighted by Gasteiger charge is -2.00. The molecule has 5 heteroatoms. The van der Waals surface area contributed by atoms with E-state index in [-0.39, 0.29) is 0 Å². The Kier molecular flexibility index (Phi) is 2.61. The van der Waals surface area contributed by atoms with Crippen LogP contribution in [-0.4, -0.2) is 15.2 Å². The van der Waals surface area contributed by atoms with E-state index in [0.29, 0.717) is 10.7 Å². The number of rotatable bonds is 1. The topological polar surface area (TPSA) is 41.6 Å². The van der Waals surface area contributed by atoms with Crippen molar-refractivity contribution in [3.8, 4) is 11.3 Å². The number of nitrogens with zero attached hydrogens (tertiary/aromatic N) is 2. The first-order chi connectivity index (χ1) is 8.27. The molecule has 0 unspecified atom stereocenters. The summed E-state index contributed by atoms with van der Waals surface area (Å²) in [5, 5.41) is 8.60. The Labute approximate surface area is 111 Å². The summed E-state index contributed by atoms with van der Waals surface area (Å²) in [5.74, 6) is 0. The zero-order valence-corrected chi connectivity index (χ0v) is 11.0. The number of benzene rings is 1. The Morgan fingerprint density at radius 2 is 1.94 bits per heavy atom. The summed E-state index contributed by atoms with van der Waals surface area (Å²) in [7, 11) is 0. The molecule has 1 aromatic carbocycles. The molecule has 0 atom stereocenters. The number of aromatic amines is 1. The number of halogens is 2. The minimum absolute atomic E-state index is 0.622. The highest BCUT2D eigenvalue weighted by atomic mass is 79.9. The van der Waals surface area contributed by atoms with Crippen LogP contribution >= 0.6 is 27.5 Å². The lowest BCUT2D eigenvalue weighted by Crippen LogP contribution is -1.81. The molecular formula is C12H7BrClN3. The van der Waals surface area contributed by atoms with Gasteiger partial charge < -0.3 is 0 Å². The largest absolute Gasteiger partial charge is 0.275 e. The Hall–Kier alpha value is -1.39. The first-order valence-corrected chi connectivity index (χ1v) is 6.18. The van der Waals surface area contributed by atoms with Gasteiger partial charge in [0, 0.05) is 11.8 Å². The predicted molar refractivity (Wildman–Crippen MR) is 72.0 cm³/mol. The molecule has 0 fully saturated rings. The highest BCUT2D eigenvalue weighted by Crippen LogP contribution is 2.34. The molecule has 2 aromatic heterocycles. The van der Waals surface area contributed by atoms with Gasteiger partial charge in [0.25, 0.3) is 0 Å². The van der Waals surface area contributed by atoms with E-state index in [1.807, 2.05) is 30.3 Å². The lowest BCUT2D eigenvalue weighted by molar-refractivity contribution is 1.10. The highest BCUT2D eigenvalue weighted by Gasteiger charge is 2.13. The van der Waals surface area contributed by atoms with Gasteiger partial charge in [0.15, 0.2) is 5.65 Å². The van der Waals surface area contributed by atoms with E-state index < -0.39 is 0 Å². The summed E-state index contributed by atoms with van der Waals surface area (Å²) in [6.45, 7) is 0. The van der Waals surface area contributed by atoms with Crippen molar-refractivity contribution in [2.24, 2.45) is 0 Å². The SMILES string of the molecule is Clc1c(Br)cnc2n[nH]c(-c3ccccc3)c12. The van der Waals surface area contributed by atoms with Gasteiger partial charge in [0.2, 0.25) is 0 Å². The Bertz CT molecular complexity index is 679. The van der Waals surface area contributed by atoms with Crippen LogP contribution in [0.15, 0.2) is 41.0 Å². The number of hydrogen-bond donors (Lipinski definition) is 1. The van der Waals surface area contributed by atoms with Crippen molar-refractivity contribution in [1.82, 2.24) is 15.2 Å². The maximum atomic E-state index is 6.28. The molecule has 0 bridgehead atoms. The molecule has 0 aliphatic carbocycles. The second-order valence-electron chi connectivity index (χ2n) is 3.58. The van der Waals surface area contributed by atoms with Crippen LogP contribution in [0.4, 0.5) is 0 Å². The number of hydrogen-bond acceptors (Lipinski definition) is 2. The fourth-order valence-electron chi connectivity index (χ4n) is 1.74. The highest BCUT2D eigenvalue weighted by molar-refractivity contribution is 9.10. The van der Waals surface area contributed by atoms with Crippen molar-refractivity contribution in [2.45, 2.75) is 0 Å². The summed E-state index contributed by atoms with van der Waals surface area (Å²) in [6.07, 6.45) is 1.65. The molecule has 84 valence electrons. The number of aromatic nitrogens is 3. The van der Waals surface area contributed by atoms with Gasteiger partial charge in [-0.2, -0.15) is 5.10 Å². The molecule has 3 rings (SSSR count). The van der Waals surface area contributed by atoms with Gasteiger partial charge >= 0.3 is 0 Å². The van der Waals surface area contributed by atoms with E-state index in [4.69, 9.17) is 11.6 Å². The predicted octanol–water partition coefficient (Wildman–Crippen LogP) is 4.04. The molecule has 17 heavy (non-hydrogen) atoms. The third-order valence-corrected chi connectivity index (χ3v) is 3.76. The fourth-order valence-corrected chi connectivity index (χ4v) is 2.27. The van der Waals surface area contributed by atoms with Gasteiger partial charge in [-0.15, -0.1) is 0 Å². The lowest BCUT2D eigenvalue weighted by atomic mass is 10.1. The fraction of sp³-hybridized carbons (Fsp3) is 0. The van der Waals surface area contributed by atoms with E-state index >= 15 is 0 Å². The van der Waals surface area contributed by atoms with Gasteiger partial charge in [-0.05, 0) is 15.9 Å². The maximum absolute atomic E-state index is 6.28. The van der Waals surface area contributed by atoms with E-state index in [0.717, 1.165) is 21.1 Å². The zero-order chi connectivity index (χ0) is 11.8. The third-order valence-electron chi connectivity index (χ3n) is 2.54. The Balaban J connectivity index is 2.35. The molecule has 0 spiro atoms. The van der Waals surface area contributed by atoms with Crippen LogP contribution in [-0.2, 0) is 0 Å². The molecule has 0 radical (unpaired) electrons. The second-order valence-corrected chi connectivity index (χ2v) is 4.82. The molecule has 3 aromatic rings. The normalized spacial score (nSPS) is 10.9. The van der Waals surface area contributed by atoms with E-state index in [9.17, 15) is 0 Å². The average Bonchev–Trinajstić information content (AvgIpc) is 2.79. The maximum Gasteiger partial charge on any atom is 0.183 e. The summed E-state index contributed by atoms with van der Waals surface area (Å²) in [5.41, 5.74) is 2.55. The van der Waals surface area contributed by atoms with E-state index in [1.165, 1.54) is 0 Å². The summed E-state index contributed by atoms with van der Waals surface area (Å²) < 4.78 is 0.769. The number of pyridine rings is 1. The van der Waals surface area contributed by atoms with Crippen molar-refractivity contribution in [3.63, 3.8) is 0 Å². The first-order valence-electron chi connectivity index (χ1n) is 5.01. The number of nitrogens with one attached hydrogen (secondary N) is 1. The molecule has 0 aliphatic heterocycles. The summed E-state index contributed by atoms with van der Waals surface area (Å²) >= 11 is 9.65. The van der Waals surface area contributed by atoms with Gasteiger partial charge in [-0.1, -0.05) is 41.9 Å². The van der Waals surface area contributed by atoms with Crippen LogP contribution in [0, 0.1) is 0 Å². The van der Waals surface area contributed by atoms with E-state index in [2.05, 4.69) is 31.1 Å². The molecular weight excluding hydrogens is 302 g/mol. The minimum atomic E-state index is 0.622. The van der Waals surface area contributed by atoms with Crippen molar-refractivity contribution in [2.75, 3.05) is 0 Å². The van der Waals surface area contributed by atoms with Gasteiger partial charge in [0.1, 0.15) is 0 Å². The first kappa shape index (κ1) is 10.7. The number of fused-ring (bicyclic) bond motifs is 1. The van der Waals surface area contributed by atoms with Crippen LogP contribution in [0.2, 0.25) is 5.02 Å². The van der Waals surface area contributed by atoms with Gasteiger partial charge in [-0.3, -0.25) is 5.10 Å². The Morgan fingerprint density at radius 3 is 2.71 bits per heavy atom. The monoisotopic (exact) mass is 307 g/mol. The van der Waals surface area contributed by atoms with Crippen LogP contribution in [0.5, 0.6) is 0 Å². The standard InChI is InChI=1S/C12H7BrClN3/c13-8-6-15-12-9(10(8)14)11(16-17-12)7-4-2-1-3-5-7/h1-6H,(H,15,16,17). The van der Waals surface area contributed by atoms with Crippen molar-refractivity contribution >= 4 is 38.6 Å². The Morgan fingerprint density at radius 1 is 1.18 bits per heavy atom. The molecule has 2 heterocycles. The van der Waals surface area contributed by atoms with Crippen molar-refractivity contribution < 1.29 is 0 Å². The van der Waals surface area contributed by atoms with Crippen LogP contribution in [0.3, 0.4) is 0 Å². The van der Waals surface area contributed by atoms with Gasteiger partial charge in [0.05, 0.1) is 20.6 Å². The van der Waals surface area contributed by atoms with Crippen LogP contribution in [0.25, 0.3) is 22.3 Å². The quantitative estimate of drug-likeness (QED) is 0.737. The minimum Gasteiger partial charge on any atom is -0.275 e. The van der Waals surface area contributed by atoms with Crippen LogP contribution < -0.4 is 0 Å². The van der Waals surface area contributed by atoms with Gasteiger partial charge in [-0.25, -0.2) is 4.98 Å².